The van der Waals surface area contributed by atoms with Gasteiger partial charge in [-0.05, 0) is 31.2 Å². The molecule has 2 amide bonds. The van der Waals surface area contributed by atoms with E-state index < -0.39 is 6.04 Å². The molecule has 0 aliphatic carbocycles. The molecule has 1 unspecified atom stereocenters. The molecule has 5 nitrogen and oxygen atoms in total. The van der Waals surface area contributed by atoms with E-state index in [0.29, 0.717) is 0 Å². The van der Waals surface area contributed by atoms with E-state index >= 15 is 0 Å². The number of halogens is 1. The number of nitrogens with zero attached hydrogens (tertiary/aromatic N) is 1. The summed E-state index contributed by atoms with van der Waals surface area (Å²) in [4.78, 5) is 26.7. The number of carbonyl (C=O) groups is 2. The fraction of sp³-hybridized carbons (Fsp3) is 0.600. The predicted octanol–water partition coefficient (Wildman–Crippen LogP) is 2.96. The fourth-order valence-electron chi connectivity index (χ4n) is 3.32. The molecule has 6 heteroatoms. The van der Waals surface area contributed by atoms with Crippen molar-refractivity contribution in [2.24, 2.45) is 11.7 Å². The van der Waals surface area contributed by atoms with E-state index in [1.165, 1.54) is 11.1 Å². The second-order valence-corrected chi connectivity index (χ2v) is 7.35. The van der Waals surface area contributed by atoms with Crippen LogP contribution in [0.25, 0.3) is 0 Å². The van der Waals surface area contributed by atoms with Crippen LogP contribution >= 0.6 is 12.4 Å². The van der Waals surface area contributed by atoms with Gasteiger partial charge in [0.1, 0.15) is 0 Å². The average Bonchev–Trinajstić information content (AvgIpc) is 2.84. The van der Waals surface area contributed by atoms with Gasteiger partial charge in [-0.3, -0.25) is 9.59 Å². The van der Waals surface area contributed by atoms with Gasteiger partial charge in [-0.25, -0.2) is 0 Å². The minimum Gasteiger partial charge on any atom is -0.346 e. The molecule has 0 aromatic heterocycles. The first-order valence-corrected chi connectivity index (χ1v) is 9.29. The molecule has 0 bridgehead atoms. The molecule has 2 rings (SSSR count). The highest BCUT2D eigenvalue weighted by Crippen LogP contribution is 2.30. The highest BCUT2D eigenvalue weighted by molar-refractivity contribution is 5.87. The first-order chi connectivity index (χ1) is 11.9. The van der Waals surface area contributed by atoms with Crippen molar-refractivity contribution in [3.8, 4) is 0 Å². The van der Waals surface area contributed by atoms with Gasteiger partial charge in [0.05, 0.1) is 18.6 Å². The van der Waals surface area contributed by atoms with Gasteiger partial charge in [0.15, 0.2) is 0 Å². The van der Waals surface area contributed by atoms with E-state index in [9.17, 15) is 9.59 Å². The molecule has 1 aromatic rings. The van der Waals surface area contributed by atoms with Crippen molar-refractivity contribution in [2.45, 2.75) is 58.5 Å². The summed E-state index contributed by atoms with van der Waals surface area (Å²) < 4.78 is 0. The van der Waals surface area contributed by atoms with E-state index in [1.54, 1.807) is 0 Å². The van der Waals surface area contributed by atoms with Gasteiger partial charge in [0, 0.05) is 6.54 Å². The minimum absolute atomic E-state index is 0. The Morgan fingerprint density at radius 3 is 2.65 bits per heavy atom. The van der Waals surface area contributed by atoms with Gasteiger partial charge >= 0.3 is 0 Å². The van der Waals surface area contributed by atoms with Crippen LogP contribution in [0.5, 0.6) is 0 Å². The average molecular weight is 382 g/mol. The lowest BCUT2D eigenvalue weighted by atomic mass is 9.99. The van der Waals surface area contributed by atoms with Crippen molar-refractivity contribution < 1.29 is 9.59 Å². The number of aryl methyl sites for hydroxylation is 1. The Kier molecular flexibility index (Phi) is 9.09. The predicted molar refractivity (Wildman–Crippen MR) is 107 cm³/mol. The Bertz CT molecular complexity index is 606. The van der Waals surface area contributed by atoms with Crippen LogP contribution in [0.1, 0.15) is 56.7 Å². The molecule has 1 saturated heterocycles. The first kappa shape index (κ1) is 22.5. The second kappa shape index (κ2) is 10.5. The first-order valence-electron chi connectivity index (χ1n) is 9.29. The van der Waals surface area contributed by atoms with Crippen LogP contribution in [0.4, 0.5) is 0 Å². The number of benzene rings is 1. The molecule has 2 atom stereocenters. The van der Waals surface area contributed by atoms with Gasteiger partial charge in [0.25, 0.3) is 0 Å². The third-order valence-electron chi connectivity index (χ3n) is 4.93. The maximum absolute atomic E-state index is 12.8. The molecule has 1 heterocycles. The zero-order valence-electron chi connectivity index (χ0n) is 16.0. The standard InChI is InChI=1S/C20H31N3O2.ClH/c1-14(2)19(21)20(25)22-13-18(24)23-11-6-4-5-10-17(23)16-9-7-8-15(3)12-16;/h7-9,12,14,17,19H,4-6,10-11,13,21H2,1-3H3,(H,22,25);1H/t17?,19-;/m0./s1. The highest BCUT2D eigenvalue weighted by atomic mass is 35.5. The zero-order valence-corrected chi connectivity index (χ0v) is 16.8. The van der Waals surface area contributed by atoms with Crippen molar-refractivity contribution >= 4 is 24.2 Å². The number of likely N-dealkylation sites (tertiary alicyclic amines) is 1. The summed E-state index contributed by atoms with van der Waals surface area (Å²) in [5.74, 6) is -0.240. The highest BCUT2D eigenvalue weighted by Gasteiger charge is 2.27. The zero-order chi connectivity index (χ0) is 18.4. The van der Waals surface area contributed by atoms with E-state index in [0.717, 1.165) is 32.2 Å². The normalized spacial score (nSPS) is 18.7. The summed E-state index contributed by atoms with van der Waals surface area (Å²) in [5.41, 5.74) is 8.23. The van der Waals surface area contributed by atoms with E-state index in [-0.39, 0.29) is 42.7 Å². The monoisotopic (exact) mass is 381 g/mol. The number of hydrogen-bond donors (Lipinski definition) is 2. The third kappa shape index (κ3) is 5.99. The second-order valence-electron chi connectivity index (χ2n) is 7.35. The molecular formula is C20H32ClN3O2. The van der Waals surface area contributed by atoms with E-state index in [4.69, 9.17) is 5.73 Å². The smallest absolute Gasteiger partial charge is 0.242 e. The molecule has 26 heavy (non-hydrogen) atoms. The van der Waals surface area contributed by atoms with Gasteiger partial charge < -0.3 is 16.0 Å². The molecule has 0 spiro atoms. The summed E-state index contributed by atoms with van der Waals surface area (Å²) in [6.07, 6.45) is 4.23. The topological polar surface area (TPSA) is 75.4 Å². The largest absolute Gasteiger partial charge is 0.346 e. The number of nitrogens with two attached hydrogens (primary N) is 1. The van der Waals surface area contributed by atoms with Gasteiger partial charge in [-0.15, -0.1) is 12.4 Å². The van der Waals surface area contributed by atoms with E-state index in [2.05, 4.69) is 30.4 Å². The molecular weight excluding hydrogens is 350 g/mol. The van der Waals surface area contributed by atoms with E-state index in [1.807, 2.05) is 24.8 Å². The Morgan fingerprint density at radius 2 is 2.00 bits per heavy atom. The number of rotatable bonds is 5. The van der Waals surface area contributed by atoms with Crippen LogP contribution in [0.15, 0.2) is 24.3 Å². The quantitative estimate of drug-likeness (QED) is 0.823. The van der Waals surface area contributed by atoms with Gasteiger partial charge in [-0.1, -0.05) is 56.5 Å². The maximum Gasteiger partial charge on any atom is 0.242 e. The lowest BCUT2D eigenvalue weighted by Crippen LogP contribution is -2.48. The summed E-state index contributed by atoms with van der Waals surface area (Å²) >= 11 is 0. The van der Waals surface area contributed by atoms with Crippen molar-refractivity contribution in [1.29, 1.82) is 0 Å². The van der Waals surface area contributed by atoms with Gasteiger partial charge in [0.2, 0.25) is 11.8 Å². The van der Waals surface area contributed by atoms with Crippen molar-refractivity contribution in [1.82, 2.24) is 10.2 Å². The molecule has 1 aliphatic rings. The summed E-state index contributed by atoms with van der Waals surface area (Å²) in [7, 11) is 0. The number of hydrogen-bond acceptors (Lipinski definition) is 3. The fourth-order valence-corrected chi connectivity index (χ4v) is 3.32. The summed E-state index contributed by atoms with van der Waals surface area (Å²) in [6.45, 7) is 6.62. The third-order valence-corrected chi connectivity index (χ3v) is 4.93. The summed E-state index contributed by atoms with van der Waals surface area (Å²) in [5, 5.41) is 2.71. The van der Waals surface area contributed by atoms with Crippen LogP contribution in [0.2, 0.25) is 0 Å². The van der Waals surface area contributed by atoms with Crippen LogP contribution < -0.4 is 11.1 Å². The molecule has 0 saturated carbocycles. The lowest BCUT2D eigenvalue weighted by Gasteiger charge is -2.31. The maximum atomic E-state index is 12.8. The number of amides is 2. The van der Waals surface area contributed by atoms with Crippen LogP contribution in [-0.4, -0.2) is 35.8 Å². The van der Waals surface area contributed by atoms with Crippen LogP contribution in [0, 0.1) is 12.8 Å². The number of carbonyl (C=O) groups excluding carboxylic acids is 2. The SMILES string of the molecule is Cc1cccc(C2CCCCCN2C(=O)CNC(=O)[C@@H](N)C(C)C)c1.Cl. The number of nitrogens with one attached hydrogen (secondary N) is 1. The van der Waals surface area contributed by atoms with Crippen molar-refractivity contribution in [3.05, 3.63) is 35.4 Å². The molecule has 0 radical (unpaired) electrons. The Labute approximate surface area is 163 Å². The Morgan fingerprint density at radius 1 is 1.27 bits per heavy atom. The minimum atomic E-state index is -0.579. The Hall–Kier alpha value is -1.59. The van der Waals surface area contributed by atoms with Crippen LogP contribution in [-0.2, 0) is 9.59 Å². The van der Waals surface area contributed by atoms with Crippen molar-refractivity contribution in [3.63, 3.8) is 0 Å². The summed E-state index contributed by atoms with van der Waals surface area (Å²) in [6, 6.07) is 7.87. The van der Waals surface area contributed by atoms with Crippen LogP contribution in [0.3, 0.4) is 0 Å². The molecule has 1 aromatic carbocycles. The molecule has 1 fully saturated rings. The molecule has 1 aliphatic heterocycles. The molecule has 146 valence electrons. The van der Waals surface area contributed by atoms with Gasteiger partial charge in [-0.2, -0.15) is 0 Å². The lowest BCUT2D eigenvalue weighted by molar-refractivity contribution is -0.135. The van der Waals surface area contributed by atoms with Crippen molar-refractivity contribution in [2.75, 3.05) is 13.1 Å². The Balaban J connectivity index is 0.00000338. The molecule has 3 N–H and O–H groups in total.